The van der Waals surface area contributed by atoms with Crippen LogP contribution in [0.2, 0.25) is 0 Å². The average Bonchev–Trinajstić information content (AvgIpc) is 2.35. The summed E-state index contributed by atoms with van der Waals surface area (Å²) < 4.78 is 0. The van der Waals surface area contributed by atoms with Gasteiger partial charge >= 0.3 is 0 Å². The molecule has 0 aromatic carbocycles. The summed E-state index contributed by atoms with van der Waals surface area (Å²) in [6.45, 7) is 6.15. The highest BCUT2D eigenvalue weighted by atomic mass is 14.0. The summed E-state index contributed by atoms with van der Waals surface area (Å²) in [6, 6.07) is 0. The van der Waals surface area contributed by atoms with Gasteiger partial charge in [-0.2, -0.15) is 0 Å². The van der Waals surface area contributed by atoms with Crippen LogP contribution in [0.5, 0.6) is 0 Å². The minimum absolute atomic E-state index is 1.12. The quantitative estimate of drug-likeness (QED) is 0.303. The van der Waals surface area contributed by atoms with Crippen LogP contribution in [-0.2, 0) is 0 Å². The Labute approximate surface area is 111 Å². The molecule has 0 saturated heterocycles. The van der Waals surface area contributed by atoms with E-state index in [1.165, 1.54) is 83.5 Å². The molecule has 0 aliphatic rings. The van der Waals surface area contributed by atoms with E-state index in [9.17, 15) is 0 Å². The van der Waals surface area contributed by atoms with E-state index in [2.05, 4.69) is 20.3 Å². The lowest BCUT2D eigenvalue weighted by Gasteiger charge is -2.02. The molecule has 0 atom stereocenters. The molecule has 0 heteroatoms. The van der Waals surface area contributed by atoms with E-state index < -0.39 is 0 Å². The number of unbranched alkanes of at least 4 members (excludes halogenated alkanes) is 14. The lowest BCUT2D eigenvalue weighted by Crippen LogP contribution is -1.83. The molecule has 0 fully saturated rings. The molecular formula is C17H34. The molecule has 0 amide bonds. The molecule has 102 valence electrons. The van der Waals surface area contributed by atoms with E-state index in [0.717, 1.165) is 6.42 Å². The number of rotatable bonds is 14. The zero-order valence-corrected chi connectivity index (χ0v) is 12.2. The second kappa shape index (κ2) is 16.0. The predicted octanol–water partition coefficient (Wildman–Crippen LogP) is 6.51. The minimum Gasteiger partial charge on any atom is -0.0654 e. The molecule has 0 N–H and O–H groups in total. The minimum atomic E-state index is 1.12. The Morgan fingerprint density at radius 3 is 1.65 bits per heavy atom. The first-order valence-electron chi connectivity index (χ1n) is 8.02. The fraction of sp³-hybridized carbons (Fsp3) is 0.882. The van der Waals surface area contributed by atoms with Gasteiger partial charge in [0.1, 0.15) is 0 Å². The molecule has 0 spiro atoms. The van der Waals surface area contributed by atoms with Gasteiger partial charge in [0.05, 0.1) is 0 Å². The maximum absolute atomic E-state index is 3.88. The maximum Gasteiger partial charge on any atom is -0.0386 e. The molecule has 0 aliphatic heterocycles. The van der Waals surface area contributed by atoms with E-state index in [-0.39, 0.29) is 0 Å². The van der Waals surface area contributed by atoms with Crippen LogP contribution in [0, 0.1) is 13.3 Å². The van der Waals surface area contributed by atoms with Crippen molar-refractivity contribution in [3.63, 3.8) is 0 Å². The molecule has 0 heterocycles. The van der Waals surface area contributed by atoms with Gasteiger partial charge in [-0.05, 0) is 6.42 Å². The van der Waals surface area contributed by atoms with Crippen molar-refractivity contribution in [2.45, 2.75) is 96.8 Å². The van der Waals surface area contributed by atoms with Crippen LogP contribution in [-0.4, -0.2) is 0 Å². The predicted molar refractivity (Wildman–Crippen MR) is 80.0 cm³/mol. The third-order valence-corrected chi connectivity index (χ3v) is 3.42. The topological polar surface area (TPSA) is 0 Å². The first kappa shape index (κ1) is 17.0. The van der Waals surface area contributed by atoms with Gasteiger partial charge in [-0.1, -0.05) is 104 Å². The second-order valence-electron chi connectivity index (χ2n) is 5.26. The SMILES string of the molecule is [CH2]CCCCCCCCCC[CH]CCCCC. The van der Waals surface area contributed by atoms with Gasteiger partial charge in [-0.15, -0.1) is 0 Å². The fourth-order valence-electron chi connectivity index (χ4n) is 2.21. The van der Waals surface area contributed by atoms with Crippen LogP contribution < -0.4 is 0 Å². The van der Waals surface area contributed by atoms with Gasteiger partial charge in [-0.3, -0.25) is 0 Å². The van der Waals surface area contributed by atoms with Gasteiger partial charge in [-0.25, -0.2) is 0 Å². The number of hydrogen-bond acceptors (Lipinski definition) is 0. The fourth-order valence-corrected chi connectivity index (χ4v) is 2.21. The summed E-state index contributed by atoms with van der Waals surface area (Å²) >= 11 is 0. The normalized spacial score (nSPS) is 10.9. The third-order valence-electron chi connectivity index (χ3n) is 3.42. The van der Waals surface area contributed by atoms with Crippen molar-refractivity contribution in [3.05, 3.63) is 13.3 Å². The smallest absolute Gasteiger partial charge is 0.0386 e. The molecule has 0 nitrogen and oxygen atoms in total. The van der Waals surface area contributed by atoms with Crippen LogP contribution in [0.25, 0.3) is 0 Å². The Bertz CT molecular complexity index is 103. The highest BCUT2D eigenvalue weighted by Gasteiger charge is 1.93. The lowest BCUT2D eigenvalue weighted by molar-refractivity contribution is 0.564. The first-order chi connectivity index (χ1) is 8.41. The molecule has 0 aromatic rings. The Morgan fingerprint density at radius 2 is 1.12 bits per heavy atom. The summed E-state index contributed by atoms with van der Waals surface area (Å²) in [5.74, 6) is 0. The molecular weight excluding hydrogens is 204 g/mol. The van der Waals surface area contributed by atoms with Crippen molar-refractivity contribution < 1.29 is 0 Å². The molecule has 17 heavy (non-hydrogen) atoms. The third kappa shape index (κ3) is 16.0. The maximum atomic E-state index is 3.88. The van der Waals surface area contributed by atoms with Crippen molar-refractivity contribution in [2.75, 3.05) is 0 Å². The standard InChI is InChI=1S/C17H34/c1-3-5-7-9-11-13-15-17-16-14-12-10-8-6-4-2/h12H,1,3-11,13-17H2,2H3. The van der Waals surface area contributed by atoms with Crippen molar-refractivity contribution in [2.24, 2.45) is 0 Å². The number of hydrogen-bond donors (Lipinski definition) is 0. The largest absolute Gasteiger partial charge is 0.0654 e. The van der Waals surface area contributed by atoms with Crippen LogP contribution in [0.3, 0.4) is 0 Å². The Balaban J connectivity index is 2.85. The van der Waals surface area contributed by atoms with Gasteiger partial charge in [0, 0.05) is 0 Å². The van der Waals surface area contributed by atoms with Gasteiger partial charge < -0.3 is 0 Å². The molecule has 0 bridgehead atoms. The van der Waals surface area contributed by atoms with Gasteiger partial charge in [0.2, 0.25) is 0 Å². The van der Waals surface area contributed by atoms with Crippen LogP contribution in [0.15, 0.2) is 0 Å². The molecule has 0 unspecified atom stereocenters. The van der Waals surface area contributed by atoms with E-state index in [4.69, 9.17) is 0 Å². The molecule has 0 aliphatic carbocycles. The molecule has 0 aromatic heterocycles. The molecule has 0 saturated carbocycles. The second-order valence-corrected chi connectivity index (χ2v) is 5.26. The summed E-state index contributed by atoms with van der Waals surface area (Å²) in [6.07, 6.45) is 21.8. The van der Waals surface area contributed by atoms with Crippen molar-refractivity contribution >= 4 is 0 Å². The highest BCUT2D eigenvalue weighted by Crippen LogP contribution is 2.12. The summed E-state index contributed by atoms with van der Waals surface area (Å²) in [5.41, 5.74) is 0. The Hall–Kier alpha value is 0. The van der Waals surface area contributed by atoms with Gasteiger partial charge in [0.25, 0.3) is 0 Å². The van der Waals surface area contributed by atoms with Gasteiger partial charge in [0.15, 0.2) is 0 Å². The monoisotopic (exact) mass is 238 g/mol. The zero-order valence-electron chi connectivity index (χ0n) is 12.2. The Morgan fingerprint density at radius 1 is 0.647 bits per heavy atom. The highest BCUT2D eigenvalue weighted by molar-refractivity contribution is 4.64. The van der Waals surface area contributed by atoms with Crippen molar-refractivity contribution in [1.29, 1.82) is 0 Å². The van der Waals surface area contributed by atoms with Crippen LogP contribution in [0.4, 0.5) is 0 Å². The van der Waals surface area contributed by atoms with E-state index in [0.29, 0.717) is 0 Å². The zero-order chi connectivity index (χ0) is 12.6. The lowest BCUT2D eigenvalue weighted by atomic mass is 10.0. The Kier molecular flexibility index (Phi) is 16.0. The molecule has 2 radical (unpaired) electrons. The molecule has 0 rings (SSSR count). The summed E-state index contributed by atoms with van der Waals surface area (Å²) in [5, 5.41) is 0. The van der Waals surface area contributed by atoms with Crippen molar-refractivity contribution in [3.8, 4) is 0 Å². The van der Waals surface area contributed by atoms with E-state index in [1.54, 1.807) is 0 Å². The first-order valence-corrected chi connectivity index (χ1v) is 8.02. The average molecular weight is 238 g/mol. The van der Waals surface area contributed by atoms with Crippen LogP contribution in [0.1, 0.15) is 96.8 Å². The van der Waals surface area contributed by atoms with Crippen LogP contribution >= 0.6 is 0 Å². The van der Waals surface area contributed by atoms with E-state index >= 15 is 0 Å². The summed E-state index contributed by atoms with van der Waals surface area (Å²) in [7, 11) is 0. The van der Waals surface area contributed by atoms with Crippen molar-refractivity contribution in [1.82, 2.24) is 0 Å². The van der Waals surface area contributed by atoms with E-state index in [1.807, 2.05) is 0 Å². The summed E-state index contributed by atoms with van der Waals surface area (Å²) in [4.78, 5) is 0.